The zero-order valence-corrected chi connectivity index (χ0v) is 16.4. The second-order valence-electron chi connectivity index (χ2n) is 7.61. The molecule has 0 saturated heterocycles. The van der Waals surface area contributed by atoms with Gasteiger partial charge in [-0.3, -0.25) is 9.59 Å². The SMILES string of the molecule is O=C(NC(Cc1ccccc1)C(=O)NCCc1ccccc1)C1CCCCC1. The molecule has 1 atom stereocenters. The van der Waals surface area contributed by atoms with Gasteiger partial charge in [-0.15, -0.1) is 0 Å². The van der Waals surface area contributed by atoms with E-state index in [2.05, 4.69) is 22.8 Å². The van der Waals surface area contributed by atoms with Gasteiger partial charge in [0.05, 0.1) is 0 Å². The second kappa shape index (κ2) is 10.6. The van der Waals surface area contributed by atoms with E-state index in [4.69, 9.17) is 0 Å². The molecule has 1 saturated carbocycles. The zero-order valence-electron chi connectivity index (χ0n) is 16.4. The molecule has 2 amide bonds. The number of amides is 2. The predicted octanol–water partition coefficient (Wildman–Crippen LogP) is 3.65. The van der Waals surface area contributed by atoms with Crippen LogP contribution in [-0.4, -0.2) is 24.4 Å². The van der Waals surface area contributed by atoms with Gasteiger partial charge < -0.3 is 10.6 Å². The van der Waals surface area contributed by atoms with Crippen molar-refractivity contribution in [2.24, 2.45) is 5.92 Å². The smallest absolute Gasteiger partial charge is 0.242 e. The number of hydrogen-bond acceptors (Lipinski definition) is 2. The third-order valence-corrected chi connectivity index (χ3v) is 5.45. The number of hydrogen-bond donors (Lipinski definition) is 2. The highest BCUT2D eigenvalue weighted by molar-refractivity contribution is 5.88. The van der Waals surface area contributed by atoms with Gasteiger partial charge in [0.2, 0.25) is 11.8 Å². The maximum Gasteiger partial charge on any atom is 0.242 e. The Labute approximate surface area is 167 Å². The molecule has 0 bridgehead atoms. The van der Waals surface area contributed by atoms with Crippen molar-refractivity contribution < 1.29 is 9.59 Å². The molecule has 0 heterocycles. The van der Waals surface area contributed by atoms with Gasteiger partial charge in [-0.1, -0.05) is 79.9 Å². The van der Waals surface area contributed by atoms with Crippen molar-refractivity contribution in [1.29, 1.82) is 0 Å². The summed E-state index contributed by atoms with van der Waals surface area (Å²) in [7, 11) is 0. The lowest BCUT2D eigenvalue weighted by Crippen LogP contribution is -2.50. The Morgan fingerprint density at radius 3 is 2.11 bits per heavy atom. The first-order valence-electron chi connectivity index (χ1n) is 10.4. The molecule has 0 radical (unpaired) electrons. The molecule has 2 aromatic carbocycles. The van der Waals surface area contributed by atoms with Gasteiger partial charge in [0.25, 0.3) is 0 Å². The molecule has 2 N–H and O–H groups in total. The Balaban J connectivity index is 1.59. The summed E-state index contributed by atoms with van der Waals surface area (Å²) in [6.07, 6.45) is 6.56. The monoisotopic (exact) mass is 378 g/mol. The fourth-order valence-electron chi connectivity index (χ4n) is 3.81. The summed E-state index contributed by atoms with van der Waals surface area (Å²) >= 11 is 0. The number of benzene rings is 2. The molecule has 3 rings (SSSR count). The lowest BCUT2D eigenvalue weighted by molar-refractivity contribution is -0.131. The number of rotatable bonds is 8. The summed E-state index contributed by atoms with van der Waals surface area (Å²) in [5.74, 6) is -0.0353. The fraction of sp³-hybridized carbons (Fsp3) is 0.417. The highest BCUT2D eigenvalue weighted by Crippen LogP contribution is 2.23. The van der Waals surface area contributed by atoms with Crippen molar-refractivity contribution in [2.75, 3.05) is 6.54 Å². The molecule has 1 aliphatic carbocycles. The lowest BCUT2D eigenvalue weighted by atomic mass is 9.88. The van der Waals surface area contributed by atoms with Gasteiger partial charge in [0.1, 0.15) is 6.04 Å². The van der Waals surface area contributed by atoms with E-state index >= 15 is 0 Å². The standard InChI is InChI=1S/C24H30N2O2/c27-23(21-14-8-3-9-15-21)26-22(18-20-12-6-2-7-13-20)24(28)25-17-16-19-10-4-1-5-11-19/h1-2,4-7,10-13,21-22H,3,8-9,14-18H2,(H,25,28)(H,26,27). The van der Waals surface area contributed by atoms with Crippen molar-refractivity contribution in [2.45, 2.75) is 51.0 Å². The first-order chi connectivity index (χ1) is 13.7. The molecule has 1 aliphatic rings. The minimum atomic E-state index is -0.535. The Hall–Kier alpha value is -2.62. The van der Waals surface area contributed by atoms with Crippen LogP contribution in [0.4, 0.5) is 0 Å². The Morgan fingerprint density at radius 2 is 1.46 bits per heavy atom. The van der Waals surface area contributed by atoms with Crippen LogP contribution in [0.2, 0.25) is 0 Å². The molecule has 4 heteroatoms. The Bertz CT molecular complexity index is 740. The highest BCUT2D eigenvalue weighted by atomic mass is 16.2. The Morgan fingerprint density at radius 1 is 0.857 bits per heavy atom. The van der Waals surface area contributed by atoms with Gasteiger partial charge in [-0.2, -0.15) is 0 Å². The van der Waals surface area contributed by atoms with E-state index < -0.39 is 6.04 Å². The van der Waals surface area contributed by atoms with E-state index in [1.165, 1.54) is 12.0 Å². The maximum atomic E-state index is 12.8. The molecule has 1 fully saturated rings. The van der Waals surface area contributed by atoms with E-state index in [-0.39, 0.29) is 17.7 Å². The van der Waals surface area contributed by atoms with Crippen LogP contribution in [0.3, 0.4) is 0 Å². The van der Waals surface area contributed by atoms with Gasteiger partial charge in [0, 0.05) is 18.9 Å². The number of carbonyl (C=O) groups excluding carboxylic acids is 2. The third-order valence-electron chi connectivity index (χ3n) is 5.45. The van der Waals surface area contributed by atoms with Crippen LogP contribution in [0.25, 0.3) is 0 Å². The van der Waals surface area contributed by atoms with E-state index in [1.807, 2.05) is 48.5 Å². The van der Waals surface area contributed by atoms with E-state index in [0.29, 0.717) is 13.0 Å². The van der Waals surface area contributed by atoms with Crippen LogP contribution in [0.5, 0.6) is 0 Å². The maximum absolute atomic E-state index is 12.8. The van der Waals surface area contributed by atoms with Crippen molar-refractivity contribution in [3.63, 3.8) is 0 Å². The summed E-state index contributed by atoms with van der Waals surface area (Å²) in [6.45, 7) is 0.563. The van der Waals surface area contributed by atoms with Gasteiger partial charge in [0.15, 0.2) is 0 Å². The molecule has 0 aromatic heterocycles. The first kappa shape index (κ1) is 20.1. The topological polar surface area (TPSA) is 58.2 Å². The fourth-order valence-corrected chi connectivity index (χ4v) is 3.81. The van der Waals surface area contributed by atoms with Crippen LogP contribution >= 0.6 is 0 Å². The molecule has 1 unspecified atom stereocenters. The van der Waals surface area contributed by atoms with E-state index in [9.17, 15) is 9.59 Å². The summed E-state index contributed by atoms with van der Waals surface area (Å²) in [5.41, 5.74) is 2.24. The number of carbonyl (C=O) groups is 2. The molecule has 28 heavy (non-hydrogen) atoms. The lowest BCUT2D eigenvalue weighted by Gasteiger charge is -2.24. The van der Waals surface area contributed by atoms with E-state index in [0.717, 1.165) is 37.7 Å². The predicted molar refractivity (Wildman–Crippen MR) is 112 cm³/mol. The summed E-state index contributed by atoms with van der Waals surface area (Å²) in [4.78, 5) is 25.5. The van der Waals surface area contributed by atoms with Crippen LogP contribution in [0.1, 0.15) is 43.2 Å². The van der Waals surface area contributed by atoms with Gasteiger partial charge in [-0.25, -0.2) is 0 Å². The summed E-state index contributed by atoms with van der Waals surface area (Å²) in [6, 6.07) is 19.4. The summed E-state index contributed by atoms with van der Waals surface area (Å²) < 4.78 is 0. The van der Waals surface area contributed by atoms with Crippen molar-refractivity contribution >= 4 is 11.8 Å². The molecule has 2 aromatic rings. The third kappa shape index (κ3) is 6.22. The molecular formula is C24H30N2O2. The van der Waals surface area contributed by atoms with Crippen LogP contribution < -0.4 is 10.6 Å². The average Bonchev–Trinajstić information content (AvgIpc) is 2.75. The second-order valence-corrected chi connectivity index (χ2v) is 7.61. The minimum Gasteiger partial charge on any atom is -0.354 e. The van der Waals surface area contributed by atoms with E-state index in [1.54, 1.807) is 0 Å². The Kier molecular flexibility index (Phi) is 7.65. The van der Waals surface area contributed by atoms with Crippen molar-refractivity contribution in [3.05, 3.63) is 71.8 Å². The zero-order chi connectivity index (χ0) is 19.6. The molecule has 0 spiro atoms. The van der Waals surface area contributed by atoms with Crippen LogP contribution in [0, 0.1) is 5.92 Å². The highest BCUT2D eigenvalue weighted by Gasteiger charge is 2.26. The molecule has 4 nitrogen and oxygen atoms in total. The van der Waals surface area contributed by atoms with Crippen molar-refractivity contribution in [3.8, 4) is 0 Å². The number of nitrogens with one attached hydrogen (secondary N) is 2. The first-order valence-corrected chi connectivity index (χ1v) is 10.4. The largest absolute Gasteiger partial charge is 0.354 e. The molecule has 0 aliphatic heterocycles. The van der Waals surface area contributed by atoms with Gasteiger partial charge >= 0.3 is 0 Å². The van der Waals surface area contributed by atoms with Gasteiger partial charge in [-0.05, 0) is 30.4 Å². The van der Waals surface area contributed by atoms with Crippen molar-refractivity contribution in [1.82, 2.24) is 10.6 Å². The summed E-state index contributed by atoms with van der Waals surface area (Å²) in [5, 5.41) is 6.04. The van der Waals surface area contributed by atoms with Crippen LogP contribution in [-0.2, 0) is 22.4 Å². The average molecular weight is 379 g/mol. The minimum absolute atomic E-state index is 0.0267. The molecule has 148 valence electrons. The van der Waals surface area contributed by atoms with Crippen LogP contribution in [0.15, 0.2) is 60.7 Å². The molecular weight excluding hydrogens is 348 g/mol. The quantitative estimate of drug-likeness (QED) is 0.737. The normalized spacial score (nSPS) is 15.6.